The largest absolute Gasteiger partial charge is 0.487 e. The number of aryl methyl sites for hydroxylation is 1. The van der Waals surface area contributed by atoms with Gasteiger partial charge in [0.25, 0.3) is 0 Å². The minimum absolute atomic E-state index is 0.0101. The van der Waals surface area contributed by atoms with Gasteiger partial charge in [-0.15, -0.1) is 0 Å². The molecule has 39 heavy (non-hydrogen) atoms. The van der Waals surface area contributed by atoms with Gasteiger partial charge in [-0.2, -0.15) is 8.61 Å². The Morgan fingerprint density at radius 3 is 2.46 bits per heavy atom. The first kappa shape index (κ1) is 29.6. The van der Waals surface area contributed by atoms with Crippen LogP contribution < -0.4 is 4.74 Å². The average molecular weight is 575 g/mol. The lowest BCUT2D eigenvalue weighted by molar-refractivity contribution is 0.0904. The van der Waals surface area contributed by atoms with E-state index < -0.39 is 32.2 Å². The molecule has 0 amide bonds. The number of rotatable bonds is 6. The highest BCUT2D eigenvalue weighted by Gasteiger charge is 2.39. The summed E-state index contributed by atoms with van der Waals surface area (Å²) >= 11 is 0. The SMILES string of the molecule is Cc1ccc(S(=O)(=O)N(C)C[C@@H]2Oc3cc(C#CC4CCCC4)ccc3S(=O)(=O)N([C@H](C)CO)C[C@@H]2C)cc1. The van der Waals surface area contributed by atoms with Crippen molar-refractivity contribution in [3.8, 4) is 17.6 Å². The molecule has 3 atom stereocenters. The van der Waals surface area contributed by atoms with Gasteiger partial charge in [0, 0.05) is 37.0 Å². The van der Waals surface area contributed by atoms with Crippen molar-refractivity contribution in [2.24, 2.45) is 11.8 Å². The van der Waals surface area contributed by atoms with E-state index in [1.54, 1.807) is 43.3 Å². The first-order chi connectivity index (χ1) is 18.4. The highest BCUT2D eigenvalue weighted by atomic mass is 32.2. The Hall–Kier alpha value is -2.42. The molecule has 8 nitrogen and oxygen atoms in total. The molecule has 1 aliphatic heterocycles. The molecule has 1 N–H and O–H groups in total. The highest BCUT2D eigenvalue weighted by molar-refractivity contribution is 7.89. The monoisotopic (exact) mass is 574 g/mol. The van der Waals surface area contributed by atoms with Crippen LogP contribution in [-0.4, -0.2) is 69.4 Å². The Morgan fingerprint density at radius 1 is 1.15 bits per heavy atom. The molecule has 1 aliphatic carbocycles. The lowest BCUT2D eigenvalue weighted by Gasteiger charge is -2.37. The second-order valence-corrected chi connectivity index (χ2v) is 14.7. The molecule has 4 rings (SSSR count). The third kappa shape index (κ3) is 6.50. The van der Waals surface area contributed by atoms with Gasteiger partial charge in [0.05, 0.1) is 18.0 Å². The number of hydrogen-bond acceptors (Lipinski definition) is 6. The van der Waals surface area contributed by atoms with Crippen LogP contribution in [0.15, 0.2) is 52.3 Å². The molecule has 1 fully saturated rings. The van der Waals surface area contributed by atoms with E-state index in [9.17, 15) is 21.9 Å². The predicted molar refractivity (Wildman–Crippen MR) is 150 cm³/mol. The van der Waals surface area contributed by atoms with Gasteiger partial charge >= 0.3 is 0 Å². The van der Waals surface area contributed by atoms with Crippen molar-refractivity contribution in [1.29, 1.82) is 0 Å². The van der Waals surface area contributed by atoms with E-state index in [-0.39, 0.29) is 41.2 Å². The molecule has 1 saturated carbocycles. The number of ether oxygens (including phenoxy) is 1. The lowest BCUT2D eigenvalue weighted by atomic mass is 10.0. The van der Waals surface area contributed by atoms with Crippen molar-refractivity contribution in [3.63, 3.8) is 0 Å². The van der Waals surface area contributed by atoms with Gasteiger partial charge < -0.3 is 9.84 Å². The summed E-state index contributed by atoms with van der Waals surface area (Å²) in [4.78, 5) is 0.159. The average Bonchev–Trinajstić information content (AvgIpc) is 3.43. The summed E-state index contributed by atoms with van der Waals surface area (Å²) in [5.41, 5.74) is 1.60. The fraction of sp³-hybridized carbons (Fsp3) is 0.517. The molecule has 2 aromatic carbocycles. The molecule has 10 heteroatoms. The Bertz CT molecular complexity index is 1440. The van der Waals surface area contributed by atoms with Crippen LogP contribution in [0.1, 0.15) is 50.7 Å². The second kappa shape index (κ2) is 12.0. The number of sulfonamides is 2. The van der Waals surface area contributed by atoms with Crippen molar-refractivity contribution >= 4 is 20.0 Å². The number of benzene rings is 2. The molecule has 2 aliphatic rings. The smallest absolute Gasteiger partial charge is 0.247 e. The van der Waals surface area contributed by atoms with E-state index >= 15 is 0 Å². The van der Waals surface area contributed by atoms with E-state index in [1.807, 2.05) is 13.8 Å². The number of nitrogens with zero attached hydrogens (tertiary/aromatic N) is 2. The van der Waals surface area contributed by atoms with Crippen LogP contribution in [0.4, 0.5) is 0 Å². The Labute approximate surface area is 233 Å². The van der Waals surface area contributed by atoms with Crippen LogP contribution in [0.25, 0.3) is 0 Å². The molecule has 0 saturated heterocycles. The Balaban J connectivity index is 1.71. The van der Waals surface area contributed by atoms with Crippen LogP contribution >= 0.6 is 0 Å². The maximum atomic E-state index is 13.7. The van der Waals surface area contributed by atoms with E-state index in [1.165, 1.54) is 34.6 Å². The third-order valence-electron chi connectivity index (χ3n) is 7.61. The van der Waals surface area contributed by atoms with Gasteiger partial charge in [0.2, 0.25) is 20.0 Å². The van der Waals surface area contributed by atoms with Gasteiger partial charge in [-0.3, -0.25) is 0 Å². The van der Waals surface area contributed by atoms with Crippen molar-refractivity contribution < 1.29 is 26.7 Å². The maximum Gasteiger partial charge on any atom is 0.247 e. The first-order valence-electron chi connectivity index (χ1n) is 13.4. The van der Waals surface area contributed by atoms with Crippen molar-refractivity contribution in [2.75, 3.05) is 26.7 Å². The standard InChI is InChI=1S/C29H38N2O6S2/c1-21-9-14-26(15-10-21)38(33,34)30(4)19-28-22(2)18-31(23(3)20-32)39(35,36)29-16-13-25(17-27(29)37-28)12-11-24-7-5-6-8-24/h9-10,13-17,22-24,28,32H,5-8,18-20H2,1-4H3/t22-,23+,28-/m0/s1. The molecule has 212 valence electrons. The molecular formula is C29H38N2O6S2. The number of aliphatic hydroxyl groups is 1. The van der Waals surface area contributed by atoms with Crippen LogP contribution in [0.2, 0.25) is 0 Å². The second-order valence-electron chi connectivity index (χ2n) is 10.8. The quantitative estimate of drug-likeness (QED) is 0.529. The molecule has 0 bridgehead atoms. The molecule has 0 spiro atoms. The van der Waals surface area contributed by atoms with Crippen LogP contribution in [0.3, 0.4) is 0 Å². The zero-order valence-electron chi connectivity index (χ0n) is 23.0. The summed E-state index contributed by atoms with van der Waals surface area (Å²) in [5, 5.41) is 9.85. The van der Waals surface area contributed by atoms with Crippen LogP contribution in [-0.2, 0) is 20.0 Å². The summed E-state index contributed by atoms with van der Waals surface area (Å²) in [6.07, 6.45) is 3.82. The highest BCUT2D eigenvalue weighted by Crippen LogP contribution is 2.34. The lowest BCUT2D eigenvalue weighted by Crippen LogP contribution is -2.50. The first-order valence-corrected chi connectivity index (χ1v) is 16.3. The Kier molecular flexibility index (Phi) is 9.08. The van der Waals surface area contributed by atoms with E-state index in [4.69, 9.17) is 4.74 Å². The van der Waals surface area contributed by atoms with Crippen LogP contribution in [0.5, 0.6) is 5.75 Å². The predicted octanol–water partition coefficient (Wildman–Crippen LogP) is 3.63. The summed E-state index contributed by atoms with van der Waals surface area (Å²) in [6.45, 7) is 5.10. The normalized spacial score (nSPS) is 22.7. The number of hydrogen-bond donors (Lipinski definition) is 1. The molecule has 0 aromatic heterocycles. The van der Waals surface area contributed by atoms with Gasteiger partial charge in [-0.25, -0.2) is 16.8 Å². The number of likely N-dealkylation sites (N-methyl/N-ethyl adjacent to an activating group) is 1. The fourth-order valence-corrected chi connectivity index (χ4v) is 8.03. The topological polar surface area (TPSA) is 104 Å². The minimum Gasteiger partial charge on any atom is -0.487 e. The summed E-state index contributed by atoms with van der Waals surface area (Å²) in [5.74, 6) is 6.57. The zero-order chi connectivity index (χ0) is 28.4. The van der Waals surface area contributed by atoms with E-state index in [0.29, 0.717) is 11.5 Å². The summed E-state index contributed by atoms with van der Waals surface area (Å²) in [6, 6.07) is 10.8. The van der Waals surface area contributed by atoms with Crippen LogP contribution in [0, 0.1) is 30.6 Å². The molecular weight excluding hydrogens is 536 g/mol. The molecule has 1 heterocycles. The van der Waals surface area contributed by atoms with E-state index in [2.05, 4.69) is 11.8 Å². The zero-order valence-corrected chi connectivity index (χ0v) is 24.6. The van der Waals surface area contributed by atoms with Crippen molar-refractivity contribution in [1.82, 2.24) is 8.61 Å². The molecule has 0 radical (unpaired) electrons. The fourth-order valence-electron chi connectivity index (χ4n) is 5.02. The van der Waals surface area contributed by atoms with Gasteiger partial charge in [-0.1, -0.05) is 49.3 Å². The minimum atomic E-state index is -3.99. The van der Waals surface area contributed by atoms with Gasteiger partial charge in [0.1, 0.15) is 16.7 Å². The maximum absolute atomic E-state index is 13.7. The third-order valence-corrected chi connectivity index (χ3v) is 11.5. The summed E-state index contributed by atoms with van der Waals surface area (Å²) in [7, 11) is -6.30. The molecule has 0 unspecified atom stereocenters. The number of fused-ring (bicyclic) bond motifs is 1. The summed E-state index contributed by atoms with van der Waals surface area (Å²) < 4.78 is 62.9. The van der Waals surface area contributed by atoms with Gasteiger partial charge in [-0.05, 0) is 57.0 Å². The van der Waals surface area contributed by atoms with Gasteiger partial charge in [0.15, 0.2) is 0 Å². The van der Waals surface area contributed by atoms with Crippen molar-refractivity contribution in [2.45, 2.75) is 68.4 Å². The molecule has 2 aromatic rings. The van der Waals surface area contributed by atoms with Crippen molar-refractivity contribution in [3.05, 3.63) is 53.6 Å². The van der Waals surface area contributed by atoms with E-state index in [0.717, 1.165) is 18.4 Å². The number of aliphatic hydroxyl groups excluding tert-OH is 1. The Morgan fingerprint density at radius 2 is 1.82 bits per heavy atom.